The molecule has 1 fully saturated rings. The molecule has 146 valence electrons. The zero-order valence-corrected chi connectivity index (χ0v) is 16.5. The van der Waals surface area contributed by atoms with Crippen molar-refractivity contribution >= 4 is 34.5 Å². The van der Waals surface area contributed by atoms with E-state index in [0.717, 1.165) is 29.0 Å². The van der Waals surface area contributed by atoms with E-state index in [2.05, 4.69) is 15.6 Å². The van der Waals surface area contributed by atoms with Crippen LogP contribution in [0.2, 0.25) is 0 Å². The molecule has 1 aliphatic carbocycles. The smallest absolute Gasteiger partial charge is 0.321 e. The van der Waals surface area contributed by atoms with Crippen molar-refractivity contribution < 1.29 is 9.59 Å². The molecule has 6 nitrogen and oxygen atoms in total. The van der Waals surface area contributed by atoms with Gasteiger partial charge in [-0.2, -0.15) is 0 Å². The van der Waals surface area contributed by atoms with Crippen molar-refractivity contribution in [1.82, 2.24) is 15.2 Å². The Morgan fingerprint density at radius 3 is 2.75 bits per heavy atom. The van der Waals surface area contributed by atoms with Crippen LogP contribution in [0.25, 0.3) is 6.08 Å². The maximum absolute atomic E-state index is 12.5. The number of nitrogens with zero attached hydrogens (tertiary/aromatic N) is 2. The van der Waals surface area contributed by atoms with Crippen molar-refractivity contribution in [2.24, 2.45) is 0 Å². The van der Waals surface area contributed by atoms with E-state index in [1.807, 2.05) is 41.3 Å². The van der Waals surface area contributed by atoms with Crippen LogP contribution in [0.3, 0.4) is 0 Å². The average Bonchev–Trinajstić information content (AvgIpc) is 3.35. The minimum atomic E-state index is -0.184. The number of carbonyl (C=O) groups excluding carboxylic acids is 2. The van der Waals surface area contributed by atoms with Crippen LogP contribution in [0, 0.1) is 0 Å². The van der Waals surface area contributed by atoms with E-state index in [9.17, 15) is 9.59 Å². The predicted octanol–water partition coefficient (Wildman–Crippen LogP) is 3.81. The molecule has 2 aromatic rings. The summed E-state index contributed by atoms with van der Waals surface area (Å²) in [5.41, 5.74) is 1.99. The molecule has 7 heteroatoms. The van der Waals surface area contributed by atoms with Gasteiger partial charge in [0.15, 0.2) is 5.13 Å². The van der Waals surface area contributed by atoms with Gasteiger partial charge in [-0.3, -0.25) is 10.1 Å². The predicted molar refractivity (Wildman–Crippen MR) is 111 cm³/mol. The largest absolute Gasteiger partial charge is 0.335 e. The van der Waals surface area contributed by atoms with Crippen LogP contribution in [0.1, 0.15) is 41.8 Å². The van der Waals surface area contributed by atoms with Gasteiger partial charge in [0, 0.05) is 30.0 Å². The summed E-state index contributed by atoms with van der Waals surface area (Å²) in [5.74, 6) is -0.00334. The summed E-state index contributed by atoms with van der Waals surface area (Å²) in [6.07, 6.45) is 8.63. The summed E-state index contributed by atoms with van der Waals surface area (Å²) in [6, 6.07) is 9.88. The quantitative estimate of drug-likeness (QED) is 0.772. The zero-order chi connectivity index (χ0) is 19.3. The molecule has 0 spiro atoms. The van der Waals surface area contributed by atoms with E-state index in [-0.39, 0.29) is 18.0 Å². The summed E-state index contributed by atoms with van der Waals surface area (Å²) >= 11 is 1.46. The number of amides is 3. The SMILES string of the molecule is O=C(Nc1nc2c(s1)CN(C(=O)C=Cc1ccccc1)CC2)NC1CCCC1. The van der Waals surface area contributed by atoms with Crippen molar-refractivity contribution in [3.8, 4) is 0 Å². The molecule has 1 aromatic heterocycles. The molecule has 1 saturated carbocycles. The highest BCUT2D eigenvalue weighted by Crippen LogP contribution is 2.28. The lowest BCUT2D eigenvalue weighted by Gasteiger charge is -2.24. The first kappa shape index (κ1) is 18.7. The summed E-state index contributed by atoms with van der Waals surface area (Å²) in [5, 5.41) is 6.47. The molecule has 0 atom stereocenters. The first-order valence-electron chi connectivity index (χ1n) is 9.75. The van der Waals surface area contributed by atoms with Crippen molar-refractivity contribution in [2.45, 2.75) is 44.7 Å². The number of aromatic nitrogens is 1. The summed E-state index contributed by atoms with van der Waals surface area (Å²) in [6.45, 7) is 1.18. The Bertz CT molecular complexity index is 872. The van der Waals surface area contributed by atoms with Crippen molar-refractivity contribution in [2.75, 3.05) is 11.9 Å². The van der Waals surface area contributed by atoms with Gasteiger partial charge in [0.25, 0.3) is 0 Å². The van der Waals surface area contributed by atoms with Gasteiger partial charge in [-0.25, -0.2) is 9.78 Å². The number of rotatable bonds is 4. The highest BCUT2D eigenvalue weighted by Gasteiger charge is 2.24. The second kappa shape index (κ2) is 8.56. The van der Waals surface area contributed by atoms with Gasteiger partial charge in [-0.1, -0.05) is 54.5 Å². The highest BCUT2D eigenvalue weighted by atomic mass is 32.1. The van der Waals surface area contributed by atoms with Crippen LogP contribution in [0.5, 0.6) is 0 Å². The molecule has 0 saturated heterocycles. The van der Waals surface area contributed by atoms with Crippen LogP contribution in [0.15, 0.2) is 36.4 Å². The molecular formula is C21H24N4O2S. The van der Waals surface area contributed by atoms with Crippen LogP contribution < -0.4 is 10.6 Å². The van der Waals surface area contributed by atoms with Crippen LogP contribution in [-0.2, 0) is 17.8 Å². The molecule has 0 radical (unpaired) electrons. The number of nitrogens with one attached hydrogen (secondary N) is 2. The molecule has 2 heterocycles. The molecule has 4 rings (SSSR count). The zero-order valence-electron chi connectivity index (χ0n) is 15.7. The lowest BCUT2D eigenvalue weighted by Crippen LogP contribution is -2.36. The molecule has 3 amide bonds. The van der Waals surface area contributed by atoms with E-state index in [1.165, 1.54) is 24.2 Å². The number of anilines is 1. The third-order valence-corrected chi connectivity index (χ3v) is 6.17. The second-order valence-electron chi connectivity index (χ2n) is 7.22. The van der Waals surface area contributed by atoms with Crippen molar-refractivity contribution in [3.05, 3.63) is 52.5 Å². The Hall–Kier alpha value is -2.67. The fourth-order valence-electron chi connectivity index (χ4n) is 3.66. The Kier molecular flexibility index (Phi) is 5.71. The minimum absolute atomic E-state index is 0.00334. The van der Waals surface area contributed by atoms with E-state index in [0.29, 0.717) is 24.6 Å². The fraction of sp³-hybridized carbons (Fsp3) is 0.381. The summed E-state index contributed by atoms with van der Waals surface area (Å²) < 4.78 is 0. The number of urea groups is 1. The summed E-state index contributed by atoms with van der Waals surface area (Å²) in [4.78, 5) is 32.1. The van der Waals surface area contributed by atoms with Gasteiger partial charge in [0.2, 0.25) is 5.91 Å². The normalized spacial score (nSPS) is 16.9. The molecule has 28 heavy (non-hydrogen) atoms. The Morgan fingerprint density at radius 2 is 1.96 bits per heavy atom. The maximum Gasteiger partial charge on any atom is 0.321 e. The lowest BCUT2D eigenvalue weighted by atomic mass is 10.1. The van der Waals surface area contributed by atoms with Crippen LogP contribution in [-0.4, -0.2) is 34.4 Å². The first-order valence-corrected chi connectivity index (χ1v) is 10.6. The Morgan fingerprint density at radius 1 is 1.18 bits per heavy atom. The molecular weight excluding hydrogens is 372 g/mol. The Balaban J connectivity index is 1.34. The van der Waals surface area contributed by atoms with Crippen molar-refractivity contribution in [1.29, 1.82) is 0 Å². The number of fused-ring (bicyclic) bond motifs is 1. The fourth-order valence-corrected chi connectivity index (χ4v) is 4.68. The topological polar surface area (TPSA) is 74.3 Å². The second-order valence-corrected chi connectivity index (χ2v) is 8.31. The third kappa shape index (κ3) is 4.59. The standard InChI is InChI=1S/C21H24N4O2S/c26-19(11-10-15-6-2-1-3-7-15)25-13-12-17-18(14-25)28-21(23-17)24-20(27)22-16-8-4-5-9-16/h1-3,6-7,10-11,16H,4-5,8-9,12-14H2,(H2,22,23,24,27). The first-order chi connectivity index (χ1) is 13.7. The number of thiazole rings is 1. The maximum atomic E-state index is 12.5. The lowest BCUT2D eigenvalue weighted by molar-refractivity contribution is -0.126. The van der Waals surface area contributed by atoms with Crippen molar-refractivity contribution in [3.63, 3.8) is 0 Å². The van der Waals surface area contributed by atoms with Gasteiger partial charge >= 0.3 is 6.03 Å². The molecule has 0 bridgehead atoms. The molecule has 2 aliphatic rings. The van der Waals surface area contributed by atoms with E-state index < -0.39 is 0 Å². The average molecular weight is 397 g/mol. The van der Waals surface area contributed by atoms with E-state index in [4.69, 9.17) is 0 Å². The number of carbonyl (C=O) groups is 2. The van der Waals surface area contributed by atoms with Gasteiger partial charge in [0.1, 0.15) is 0 Å². The van der Waals surface area contributed by atoms with Crippen LogP contribution in [0.4, 0.5) is 9.93 Å². The molecule has 2 N–H and O–H groups in total. The monoisotopic (exact) mass is 396 g/mol. The van der Waals surface area contributed by atoms with E-state index >= 15 is 0 Å². The number of hydrogen-bond donors (Lipinski definition) is 2. The van der Waals surface area contributed by atoms with E-state index in [1.54, 1.807) is 6.08 Å². The van der Waals surface area contributed by atoms with Gasteiger partial charge in [0.05, 0.1) is 12.2 Å². The molecule has 1 aromatic carbocycles. The number of hydrogen-bond acceptors (Lipinski definition) is 4. The molecule has 1 aliphatic heterocycles. The molecule has 0 unspecified atom stereocenters. The summed E-state index contributed by atoms with van der Waals surface area (Å²) in [7, 11) is 0. The van der Waals surface area contributed by atoms with Gasteiger partial charge in [-0.05, 0) is 24.5 Å². The highest BCUT2D eigenvalue weighted by molar-refractivity contribution is 7.15. The van der Waals surface area contributed by atoms with Gasteiger partial charge in [-0.15, -0.1) is 0 Å². The Labute approximate surface area is 168 Å². The van der Waals surface area contributed by atoms with Gasteiger partial charge < -0.3 is 10.2 Å². The third-order valence-electron chi connectivity index (χ3n) is 5.17. The number of benzene rings is 1. The minimum Gasteiger partial charge on any atom is -0.335 e. The van der Waals surface area contributed by atoms with Crippen LogP contribution >= 0.6 is 11.3 Å².